The summed E-state index contributed by atoms with van der Waals surface area (Å²) < 4.78 is 13.2. The Morgan fingerprint density at radius 3 is 2.67 bits per heavy atom. The number of carbonyl (C=O) groups is 2. The Morgan fingerprint density at radius 1 is 1.22 bits per heavy atom. The quantitative estimate of drug-likeness (QED) is 0.845. The third-order valence-corrected chi connectivity index (χ3v) is 5.12. The summed E-state index contributed by atoms with van der Waals surface area (Å²) in [6.45, 7) is 1.23. The van der Waals surface area contributed by atoms with Crippen LogP contribution in [0.5, 0.6) is 0 Å². The first-order valence-electron chi connectivity index (χ1n) is 9.09. The van der Waals surface area contributed by atoms with E-state index in [2.05, 4.69) is 4.98 Å². The number of aliphatic carboxylic acids is 1. The summed E-state index contributed by atoms with van der Waals surface area (Å²) in [6, 6.07) is 6.24. The standard InChI is InChI=1S/C20H24FN3O3/c1-23(13-19(25)26)16-3-2-9-24(10-8-16)20(27)18-12-22-11-17(18)14-4-6-15(21)7-5-14/h4-7,11-12,16,22H,2-3,8-10,13H2,1H3,(H,25,26). The lowest BCUT2D eigenvalue weighted by atomic mass is 10.0. The number of halogens is 1. The Morgan fingerprint density at radius 2 is 1.96 bits per heavy atom. The summed E-state index contributed by atoms with van der Waals surface area (Å²) in [4.78, 5) is 30.6. The van der Waals surface area contributed by atoms with Crippen molar-refractivity contribution >= 4 is 11.9 Å². The van der Waals surface area contributed by atoms with Crippen molar-refractivity contribution in [2.24, 2.45) is 0 Å². The summed E-state index contributed by atoms with van der Waals surface area (Å²) in [6.07, 6.45) is 5.87. The Hall–Kier alpha value is -2.67. The van der Waals surface area contributed by atoms with Gasteiger partial charge in [0.15, 0.2) is 0 Å². The molecule has 1 unspecified atom stereocenters. The molecule has 1 aromatic carbocycles. The molecule has 1 atom stereocenters. The molecule has 0 bridgehead atoms. The lowest BCUT2D eigenvalue weighted by Gasteiger charge is -2.25. The molecule has 1 amide bonds. The SMILES string of the molecule is CN(CC(=O)O)C1CCCN(C(=O)c2c[nH]cc2-c2ccc(F)cc2)CC1. The molecule has 7 heteroatoms. The molecule has 2 aromatic rings. The van der Waals surface area contributed by atoms with Crippen LogP contribution in [0.4, 0.5) is 4.39 Å². The molecule has 27 heavy (non-hydrogen) atoms. The number of likely N-dealkylation sites (N-methyl/N-ethyl adjacent to an activating group) is 1. The van der Waals surface area contributed by atoms with Crippen molar-refractivity contribution in [3.63, 3.8) is 0 Å². The number of hydrogen-bond donors (Lipinski definition) is 2. The number of carboxylic acid groups (broad SMARTS) is 1. The minimum atomic E-state index is -0.842. The van der Waals surface area contributed by atoms with Gasteiger partial charge in [0.05, 0.1) is 12.1 Å². The zero-order chi connectivity index (χ0) is 19.4. The number of H-pyrrole nitrogens is 1. The molecule has 0 saturated carbocycles. The van der Waals surface area contributed by atoms with Gasteiger partial charge in [-0.1, -0.05) is 12.1 Å². The first-order chi connectivity index (χ1) is 13.0. The van der Waals surface area contributed by atoms with Gasteiger partial charge in [-0.3, -0.25) is 14.5 Å². The average Bonchev–Trinajstić information content (AvgIpc) is 2.98. The van der Waals surface area contributed by atoms with Crippen LogP contribution in [-0.2, 0) is 4.79 Å². The zero-order valence-corrected chi connectivity index (χ0v) is 15.3. The van der Waals surface area contributed by atoms with E-state index in [0.717, 1.165) is 30.4 Å². The van der Waals surface area contributed by atoms with Gasteiger partial charge in [0.1, 0.15) is 5.82 Å². The van der Waals surface area contributed by atoms with Crippen LogP contribution in [0.2, 0.25) is 0 Å². The highest BCUT2D eigenvalue weighted by atomic mass is 19.1. The Balaban J connectivity index is 1.71. The van der Waals surface area contributed by atoms with Crippen LogP contribution in [0.1, 0.15) is 29.6 Å². The van der Waals surface area contributed by atoms with Gasteiger partial charge < -0.3 is 15.0 Å². The van der Waals surface area contributed by atoms with Crippen molar-refractivity contribution < 1.29 is 19.1 Å². The van der Waals surface area contributed by atoms with Gasteiger partial charge in [-0.15, -0.1) is 0 Å². The molecule has 0 radical (unpaired) electrons. The fourth-order valence-corrected chi connectivity index (χ4v) is 3.64. The number of amides is 1. The number of likely N-dealkylation sites (tertiary alicyclic amines) is 1. The molecular formula is C20H24FN3O3. The monoisotopic (exact) mass is 373 g/mol. The third-order valence-electron chi connectivity index (χ3n) is 5.12. The molecule has 1 fully saturated rings. The van der Waals surface area contributed by atoms with Crippen LogP contribution in [0, 0.1) is 5.82 Å². The predicted molar refractivity (Wildman–Crippen MR) is 100.0 cm³/mol. The summed E-state index contributed by atoms with van der Waals surface area (Å²) in [5.74, 6) is -1.21. The number of aromatic nitrogens is 1. The highest BCUT2D eigenvalue weighted by Crippen LogP contribution is 2.26. The molecule has 0 spiro atoms. The van der Waals surface area contributed by atoms with Crippen molar-refractivity contribution in [1.82, 2.24) is 14.8 Å². The largest absolute Gasteiger partial charge is 0.480 e. The van der Waals surface area contributed by atoms with E-state index in [9.17, 15) is 14.0 Å². The number of carboxylic acids is 1. The maximum atomic E-state index is 13.2. The molecule has 1 aromatic heterocycles. The molecule has 2 N–H and O–H groups in total. The first-order valence-corrected chi connectivity index (χ1v) is 9.09. The third kappa shape index (κ3) is 4.54. The second-order valence-electron chi connectivity index (χ2n) is 6.98. The van der Waals surface area contributed by atoms with Crippen LogP contribution < -0.4 is 0 Å². The fourth-order valence-electron chi connectivity index (χ4n) is 3.64. The Labute approximate surface area is 157 Å². The van der Waals surface area contributed by atoms with Crippen molar-refractivity contribution in [3.8, 4) is 11.1 Å². The number of rotatable bonds is 5. The van der Waals surface area contributed by atoms with Crippen LogP contribution in [-0.4, -0.2) is 64.5 Å². The van der Waals surface area contributed by atoms with E-state index >= 15 is 0 Å². The van der Waals surface area contributed by atoms with E-state index in [1.165, 1.54) is 12.1 Å². The highest BCUT2D eigenvalue weighted by Gasteiger charge is 2.26. The topological polar surface area (TPSA) is 76.6 Å². The minimum absolute atomic E-state index is 0.00510. The van der Waals surface area contributed by atoms with Crippen molar-refractivity contribution in [3.05, 3.63) is 48.0 Å². The van der Waals surface area contributed by atoms with Gasteiger partial charge in [-0.05, 0) is 44.0 Å². The van der Waals surface area contributed by atoms with E-state index in [1.54, 1.807) is 24.5 Å². The normalized spacial score (nSPS) is 17.7. The first kappa shape index (κ1) is 19.1. The lowest BCUT2D eigenvalue weighted by molar-refractivity contribution is -0.138. The summed E-state index contributed by atoms with van der Waals surface area (Å²) in [7, 11) is 1.81. The number of nitrogens with zero attached hydrogens (tertiary/aromatic N) is 2. The lowest BCUT2D eigenvalue weighted by Crippen LogP contribution is -2.37. The number of carbonyl (C=O) groups excluding carboxylic acids is 1. The molecule has 6 nitrogen and oxygen atoms in total. The Kier molecular flexibility index (Phi) is 5.91. The summed E-state index contributed by atoms with van der Waals surface area (Å²) >= 11 is 0. The number of aromatic amines is 1. The van der Waals surface area contributed by atoms with Crippen LogP contribution in [0.25, 0.3) is 11.1 Å². The van der Waals surface area contributed by atoms with E-state index in [1.807, 2.05) is 16.8 Å². The molecule has 1 aliphatic rings. The van der Waals surface area contributed by atoms with E-state index < -0.39 is 5.97 Å². The van der Waals surface area contributed by atoms with Crippen molar-refractivity contribution in [2.45, 2.75) is 25.3 Å². The molecule has 0 aliphatic carbocycles. The molecule has 1 aliphatic heterocycles. The summed E-state index contributed by atoms with van der Waals surface area (Å²) in [5, 5.41) is 8.97. The van der Waals surface area contributed by atoms with E-state index in [4.69, 9.17) is 5.11 Å². The molecular weight excluding hydrogens is 349 g/mol. The second kappa shape index (κ2) is 8.35. The average molecular weight is 373 g/mol. The van der Waals surface area contributed by atoms with Gasteiger partial charge in [0.25, 0.3) is 5.91 Å². The van der Waals surface area contributed by atoms with Crippen LogP contribution in [0.15, 0.2) is 36.7 Å². The molecule has 2 heterocycles. The van der Waals surface area contributed by atoms with Crippen molar-refractivity contribution in [2.75, 3.05) is 26.7 Å². The maximum absolute atomic E-state index is 13.2. The zero-order valence-electron chi connectivity index (χ0n) is 15.3. The number of hydrogen-bond acceptors (Lipinski definition) is 3. The van der Waals surface area contributed by atoms with Gasteiger partial charge >= 0.3 is 5.97 Å². The van der Waals surface area contributed by atoms with E-state index in [0.29, 0.717) is 18.7 Å². The minimum Gasteiger partial charge on any atom is -0.480 e. The number of benzene rings is 1. The predicted octanol–water partition coefficient (Wildman–Crippen LogP) is 2.83. The van der Waals surface area contributed by atoms with Gasteiger partial charge in [-0.25, -0.2) is 4.39 Å². The molecule has 144 valence electrons. The van der Waals surface area contributed by atoms with Gasteiger partial charge in [-0.2, -0.15) is 0 Å². The van der Waals surface area contributed by atoms with Gasteiger partial charge in [0.2, 0.25) is 0 Å². The molecule has 3 rings (SSSR count). The summed E-state index contributed by atoms with van der Waals surface area (Å²) in [5.41, 5.74) is 2.11. The molecule has 1 saturated heterocycles. The second-order valence-corrected chi connectivity index (χ2v) is 6.98. The fraction of sp³-hybridized carbons (Fsp3) is 0.400. The number of nitrogens with one attached hydrogen (secondary N) is 1. The van der Waals surface area contributed by atoms with E-state index in [-0.39, 0.29) is 24.3 Å². The maximum Gasteiger partial charge on any atom is 0.317 e. The Bertz CT molecular complexity index is 803. The highest BCUT2D eigenvalue weighted by molar-refractivity contribution is 6.00. The van der Waals surface area contributed by atoms with Crippen molar-refractivity contribution in [1.29, 1.82) is 0 Å². The van der Waals surface area contributed by atoms with Crippen LogP contribution in [0.3, 0.4) is 0 Å². The smallest absolute Gasteiger partial charge is 0.317 e. The van der Waals surface area contributed by atoms with Crippen LogP contribution >= 0.6 is 0 Å². The van der Waals surface area contributed by atoms with Gasteiger partial charge in [0, 0.05) is 37.1 Å².